The molecule has 2 heterocycles. The molecule has 2 aromatic heterocycles. The topological polar surface area (TPSA) is 63.3 Å². The molecule has 0 aliphatic rings. The van der Waals surface area contributed by atoms with Gasteiger partial charge in [0.05, 0.1) is 21.7 Å². The van der Waals surface area contributed by atoms with Gasteiger partial charge in [0, 0.05) is 11.4 Å². The lowest BCUT2D eigenvalue weighted by molar-refractivity contribution is 0.474. The van der Waals surface area contributed by atoms with E-state index in [9.17, 15) is 9.90 Å². The molecule has 3 aromatic rings. The molecule has 18 heavy (non-hydrogen) atoms. The van der Waals surface area contributed by atoms with Crippen LogP contribution in [0.3, 0.4) is 0 Å². The number of aromatic nitrogens is 1. The number of hydrogen-bond acceptors (Lipinski definition) is 5. The van der Waals surface area contributed by atoms with Crippen molar-refractivity contribution in [2.45, 2.75) is 6.92 Å². The Hall–Kier alpha value is -2.14. The summed E-state index contributed by atoms with van der Waals surface area (Å²) in [7, 11) is 0. The number of rotatable bonds is 1. The van der Waals surface area contributed by atoms with E-state index in [1.54, 1.807) is 6.07 Å². The molecule has 0 aliphatic carbocycles. The molecule has 1 N–H and O–H groups in total. The fraction of sp³-hybridized carbons (Fsp3) is 0.0769. The highest BCUT2D eigenvalue weighted by Crippen LogP contribution is 2.23. The first-order valence-corrected chi connectivity index (χ1v) is 6.20. The third-order valence-electron chi connectivity index (χ3n) is 2.65. The van der Waals surface area contributed by atoms with E-state index in [2.05, 4.69) is 4.98 Å². The number of thiazole rings is 1. The smallest absolute Gasteiger partial charge is 0.202 e. The lowest BCUT2D eigenvalue weighted by Gasteiger charge is -2.00. The molecule has 0 saturated heterocycles. The summed E-state index contributed by atoms with van der Waals surface area (Å²) in [5.74, 6) is 0.0721. The number of hydrogen-bond donors (Lipinski definition) is 1. The summed E-state index contributed by atoms with van der Waals surface area (Å²) in [6.07, 6.45) is 1.39. The maximum atomic E-state index is 12.3. The zero-order valence-corrected chi connectivity index (χ0v) is 10.3. The van der Waals surface area contributed by atoms with Crippen molar-refractivity contribution in [1.29, 1.82) is 0 Å². The van der Waals surface area contributed by atoms with E-state index >= 15 is 0 Å². The molecule has 0 bridgehead atoms. The molecule has 0 saturated carbocycles. The average Bonchev–Trinajstić information content (AvgIpc) is 2.76. The van der Waals surface area contributed by atoms with E-state index in [1.165, 1.54) is 29.7 Å². The first kappa shape index (κ1) is 11.0. The van der Waals surface area contributed by atoms with E-state index in [-0.39, 0.29) is 11.2 Å². The summed E-state index contributed by atoms with van der Waals surface area (Å²) >= 11 is 1.48. The second-order valence-corrected chi connectivity index (χ2v) is 4.97. The molecule has 0 spiro atoms. The Morgan fingerprint density at radius 2 is 2.22 bits per heavy atom. The van der Waals surface area contributed by atoms with Crippen LogP contribution in [0.5, 0.6) is 5.75 Å². The third kappa shape index (κ3) is 1.69. The number of aromatic hydroxyl groups is 1. The number of nitrogens with zero attached hydrogens (tertiary/aromatic N) is 1. The minimum absolute atomic E-state index is 0.0721. The highest BCUT2D eigenvalue weighted by Gasteiger charge is 2.11. The second kappa shape index (κ2) is 3.96. The van der Waals surface area contributed by atoms with Gasteiger partial charge < -0.3 is 9.52 Å². The van der Waals surface area contributed by atoms with Gasteiger partial charge >= 0.3 is 0 Å². The normalized spacial score (nSPS) is 10.9. The van der Waals surface area contributed by atoms with Gasteiger partial charge in [0.15, 0.2) is 0 Å². The van der Waals surface area contributed by atoms with Crippen molar-refractivity contribution in [3.05, 3.63) is 45.1 Å². The summed E-state index contributed by atoms with van der Waals surface area (Å²) in [4.78, 5) is 16.5. The van der Waals surface area contributed by atoms with Crippen molar-refractivity contribution in [2.75, 3.05) is 0 Å². The van der Waals surface area contributed by atoms with Gasteiger partial charge in [-0.15, -0.1) is 11.3 Å². The molecule has 5 heteroatoms. The van der Waals surface area contributed by atoms with Crippen molar-refractivity contribution < 1.29 is 9.52 Å². The van der Waals surface area contributed by atoms with Crippen LogP contribution in [0.25, 0.3) is 22.2 Å². The fourth-order valence-corrected chi connectivity index (χ4v) is 2.39. The van der Waals surface area contributed by atoms with Crippen molar-refractivity contribution in [2.24, 2.45) is 0 Å². The van der Waals surface area contributed by atoms with Gasteiger partial charge in [0.1, 0.15) is 17.6 Å². The van der Waals surface area contributed by atoms with Gasteiger partial charge in [0.25, 0.3) is 0 Å². The van der Waals surface area contributed by atoms with E-state index in [0.717, 1.165) is 5.01 Å². The molecule has 1 aromatic carbocycles. The largest absolute Gasteiger partial charge is 0.508 e. The van der Waals surface area contributed by atoms with E-state index in [4.69, 9.17) is 4.42 Å². The molecule has 0 radical (unpaired) electrons. The molecule has 90 valence electrons. The summed E-state index contributed by atoms with van der Waals surface area (Å²) in [5.41, 5.74) is 1.30. The van der Waals surface area contributed by atoms with Gasteiger partial charge in [-0.25, -0.2) is 4.98 Å². The van der Waals surface area contributed by atoms with Crippen LogP contribution in [-0.4, -0.2) is 10.1 Å². The molecular weight excluding hydrogens is 250 g/mol. The SMILES string of the molecule is Cc1nc(-c2coc3cc(O)ccc3c2=O)cs1. The van der Waals surface area contributed by atoms with E-state index < -0.39 is 0 Å². The average molecular weight is 259 g/mol. The molecule has 3 rings (SSSR count). The summed E-state index contributed by atoms with van der Waals surface area (Å²) in [5, 5.41) is 12.5. The Kier molecular flexibility index (Phi) is 2.41. The summed E-state index contributed by atoms with van der Waals surface area (Å²) in [6.45, 7) is 1.88. The number of aryl methyl sites for hydroxylation is 1. The number of phenolic OH excluding ortho intramolecular Hbond substituents is 1. The van der Waals surface area contributed by atoms with Crippen molar-refractivity contribution in [3.63, 3.8) is 0 Å². The van der Waals surface area contributed by atoms with E-state index in [1.807, 2.05) is 12.3 Å². The van der Waals surface area contributed by atoms with Crippen LogP contribution in [-0.2, 0) is 0 Å². The van der Waals surface area contributed by atoms with Crippen LogP contribution in [0.4, 0.5) is 0 Å². The van der Waals surface area contributed by atoms with E-state index in [0.29, 0.717) is 22.2 Å². The summed E-state index contributed by atoms with van der Waals surface area (Å²) < 4.78 is 5.37. The standard InChI is InChI=1S/C13H9NO3S/c1-7-14-11(6-18-7)10-5-17-12-4-8(15)2-3-9(12)13(10)16/h2-6,15H,1H3. The maximum absolute atomic E-state index is 12.3. The fourth-order valence-electron chi connectivity index (χ4n) is 1.78. The molecule has 4 nitrogen and oxygen atoms in total. The number of benzene rings is 1. The third-order valence-corrected chi connectivity index (χ3v) is 3.43. The zero-order valence-electron chi connectivity index (χ0n) is 9.51. The van der Waals surface area contributed by atoms with Crippen LogP contribution >= 0.6 is 11.3 Å². The number of fused-ring (bicyclic) bond motifs is 1. The van der Waals surface area contributed by atoms with Crippen molar-refractivity contribution in [3.8, 4) is 17.0 Å². The Bertz CT molecular complexity index is 788. The molecule has 0 atom stereocenters. The molecule has 0 aliphatic heterocycles. The number of phenols is 1. The van der Waals surface area contributed by atoms with Crippen LogP contribution in [0.1, 0.15) is 5.01 Å². The second-order valence-electron chi connectivity index (χ2n) is 3.91. The first-order chi connectivity index (χ1) is 8.65. The van der Waals surface area contributed by atoms with Crippen LogP contribution in [0, 0.1) is 6.92 Å². The van der Waals surface area contributed by atoms with Gasteiger partial charge in [-0.05, 0) is 19.1 Å². The van der Waals surface area contributed by atoms with Gasteiger partial charge in [-0.2, -0.15) is 0 Å². The van der Waals surface area contributed by atoms with Crippen molar-refractivity contribution >= 4 is 22.3 Å². The zero-order chi connectivity index (χ0) is 12.7. The highest BCUT2D eigenvalue weighted by molar-refractivity contribution is 7.09. The quantitative estimate of drug-likeness (QED) is 0.729. The van der Waals surface area contributed by atoms with Crippen LogP contribution in [0.15, 0.2) is 39.1 Å². The van der Waals surface area contributed by atoms with Gasteiger partial charge in [0.2, 0.25) is 5.43 Å². The molecule has 0 fully saturated rings. The molecular formula is C13H9NO3S. The predicted molar refractivity (Wildman–Crippen MR) is 70.0 cm³/mol. The van der Waals surface area contributed by atoms with Gasteiger partial charge in [-0.1, -0.05) is 0 Å². The molecule has 0 unspecified atom stereocenters. The first-order valence-electron chi connectivity index (χ1n) is 5.32. The van der Waals surface area contributed by atoms with Crippen LogP contribution in [0.2, 0.25) is 0 Å². The minimum atomic E-state index is -0.137. The van der Waals surface area contributed by atoms with Crippen molar-refractivity contribution in [1.82, 2.24) is 4.98 Å². The summed E-state index contributed by atoms with van der Waals surface area (Å²) in [6, 6.07) is 4.45. The lowest BCUT2D eigenvalue weighted by Crippen LogP contribution is -2.04. The maximum Gasteiger partial charge on any atom is 0.202 e. The molecule has 0 amide bonds. The predicted octanol–water partition coefficient (Wildman–Crippen LogP) is 2.93. The van der Waals surface area contributed by atoms with Crippen LogP contribution < -0.4 is 5.43 Å². The van der Waals surface area contributed by atoms with Gasteiger partial charge in [-0.3, -0.25) is 4.79 Å². The minimum Gasteiger partial charge on any atom is -0.508 e. The lowest BCUT2D eigenvalue weighted by atomic mass is 10.1. The Morgan fingerprint density at radius 1 is 1.39 bits per heavy atom. The Balaban J connectivity index is 2.30. The monoisotopic (exact) mass is 259 g/mol. The Labute approximate surface area is 106 Å². The highest BCUT2D eigenvalue weighted by atomic mass is 32.1. The Morgan fingerprint density at radius 3 is 2.94 bits per heavy atom.